The fourth-order valence-corrected chi connectivity index (χ4v) is 2.37. The van der Waals surface area contributed by atoms with Crippen LogP contribution in [-0.2, 0) is 4.74 Å². The van der Waals surface area contributed by atoms with E-state index in [4.69, 9.17) is 9.94 Å². The topological polar surface area (TPSA) is 53.9 Å². The van der Waals surface area contributed by atoms with Crippen LogP contribution >= 0.6 is 11.3 Å². The van der Waals surface area contributed by atoms with Gasteiger partial charge < -0.3 is 15.3 Å². The van der Waals surface area contributed by atoms with Crippen molar-refractivity contribution >= 4 is 17.6 Å². The Labute approximate surface area is 86.2 Å². The van der Waals surface area contributed by atoms with Crippen LogP contribution < -0.4 is 5.32 Å². The number of nitrogens with one attached hydrogen (secondary N) is 1. The Morgan fingerprint density at radius 2 is 2.57 bits per heavy atom. The number of hydrogen-bond donors (Lipinski definition) is 2. The molecule has 14 heavy (non-hydrogen) atoms. The van der Waals surface area contributed by atoms with Crippen LogP contribution in [0.3, 0.4) is 0 Å². The second kappa shape index (κ2) is 4.54. The molecule has 0 aliphatic carbocycles. The van der Waals surface area contributed by atoms with Gasteiger partial charge in [-0.05, 0) is 12.1 Å². The van der Waals surface area contributed by atoms with Crippen molar-refractivity contribution in [3.63, 3.8) is 0 Å². The standard InChI is InChI=1S/C9H12N2O2S/c12-11-5-7-1-2-9(14-7)8-6-13-4-3-10-8/h1-2,5,8,10,12H,3-4,6H2/b11-5+. The summed E-state index contributed by atoms with van der Waals surface area (Å²) < 4.78 is 5.37. The Morgan fingerprint density at radius 1 is 1.64 bits per heavy atom. The largest absolute Gasteiger partial charge is 0.411 e. The van der Waals surface area contributed by atoms with E-state index < -0.39 is 0 Å². The summed E-state index contributed by atoms with van der Waals surface area (Å²) in [5, 5.41) is 14.7. The van der Waals surface area contributed by atoms with Crippen molar-refractivity contribution in [3.8, 4) is 0 Å². The van der Waals surface area contributed by atoms with E-state index in [2.05, 4.69) is 10.5 Å². The molecule has 1 unspecified atom stereocenters. The highest BCUT2D eigenvalue weighted by molar-refractivity contribution is 7.13. The van der Waals surface area contributed by atoms with Crippen molar-refractivity contribution in [1.82, 2.24) is 5.32 Å². The van der Waals surface area contributed by atoms with E-state index >= 15 is 0 Å². The van der Waals surface area contributed by atoms with E-state index in [-0.39, 0.29) is 6.04 Å². The molecule has 2 N–H and O–H groups in total. The molecule has 1 atom stereocenters. The minimum absolute atomic E-state index is 0.287. The van der Waals surface area contributed by atoms with Crippen molar-refractivity contribution < 1.29 is 9.94 Å². The molecule has 4 nitrogen and oxygen atoms in total. The van der Waals surface area contributed by atoms with Gasteiger partial charge >= 0.3 is 0 Å². The van der Waals surface area contributed by atoms with Crippen molar-refractivity contribution in [1.29, 1.82) is 0 Å². The van der Waals surface area contributed by atoms with Crippen molar-refractivity contribution in [2.75, 3.05) is 19.8 Å². The summed E-state index contributed by atoms with van der Waals surface area (Å²) in [5.74, 6) is 0. The minimum Gasteiger partial charge on any atom is -0.411 e. The zero-order chi connectivity index (χ0) is 9.80. The summed E-state index contributed by atoms with van der Waals surface area (Å²) in [5.41, 5.74) is 0. The maximum Gasteiger partial charge on any atom is 0.0833 e. The van der Waals surface area contributed by atoms with Crippen LogP contribution in [0.1, 0.15) is 15.8 Å². The van der Waals surface area contributed by atoms with E-state index in [1.165, 1.54) is 11.1 Å². The van der Waals surface area contributed by atoms with Gasteiger partial charge in [-0.3, -0.25) is 0 Å². The van der Waals surface area contributed by atoms with E-state index in [1.807, 2.05) is 12.1 Å². The normalized spacial score (nSPS) is 23.0. The molecule has 0 bridgehead atoms. The molecule has 1 aromatic rings. The van der Waals surface area contributed by atoms with Gasteiger partial charge in [0.15, 0.2) is 0 Å². The quantitative estimate of drug-likeness (QED) is 0.440. The third kappa shape index (κ3) is 2.12. The van der Waals surface area contributed by atoms with Crippen LogP contribution in [0.4, 0.5) is 0 Å². The molecule has 1 aromatic heterocycles. The second-order valence-corrected chi connectivity index (χ2v) is 4.21. The fourth-order valence-electron chi connectivity index (χ4n) is 1.43. The van der Waals surface area contributed by atoms with Gasteiger partial charge in [-0.1, -0.05) is 5.16 Å². The van der Waals surface area contributed by atoms with Gasteiger partial charge in [0.1, 0.15) is 0 Å². The first kappa shape index (κ1) is 9.64. The number of morpholine rings is 1. The highest BCUT2D eigenvalue weighted by atomic mass is 32.1. The van der Waals surface area contributed by atoms with Crippen molar-refractivity contribution in [2.24, 2.45) is 5.16 Å². The zero-order valence-corrected chi connectivity index (χ0v) is 8.46. The summed E-state index contributed by atoms with van der Waals surface area (Å²) in [6.07, 6.45) is 1.44. The lowest BCUT2D eigenvalue weighted by molar-refractivity contribution is 0.0779. The number of oxime groups is 1. The molecular formula is C9H12N2O2S. The number of rotatable bonds is 2. The van der Waals surface area contributed by atoms with Gasteiger partial charge in [0.2, 0.25) is 0 Å². The smallest absolute Gasteiger partial charge is 0.0833 e. The average molecular weight is 212 g/mol. The molecule has 1 fully saturated rings. The Hall–Kier alpha value is -0.910. The predicted octanol–water partition coefficient (Wildman–Crippen LogP) is 1.22. The molecule has 1 aliphatic heterocycles. The first-order valence-electron chi connectivity index (χ1n) is 4.48. The highest BCUT2D eigenvalue weighted by Gasteiger charge is 2.16. The zero-order valence-electron chi connectivity index (χ0n) is 7.64. The number of thiophene rings is 1. The molecular weight excluding hydrogens is 200 g/mol. The summed E-state index contributed by atoms with van der Waals surface area (Å²) >= 11 is 1.61. The van der Waals surface area contributed by atoms with Crippen molar-refractivity contribution in [3.05, 3.63) is 21.9 Å². The van der Waals surface area contributed by atoms with E-state index in [0.717, 1.165) is 24.6 Å². The summed E-state index contributed by atoms with van der Waals surface area (Å²) in [7, 11) is 0. The maximum atomic E-state index is 8.38. The van der Waals surface area contributed by atoms with Crippen LogP contribution in [0.5, 0.6) is 0 Å². The molecule has 0 aromatic carbocycles. The van der Waals surface area contributed by atoms with Crippen LogP contribution in [0.25, 0.3) is 0 Å². The molecule has 0 amide bonds. The Kier molecular flexibility index (Phi) is 3.13. The van der Waals surface area contributed by atoms with E-state index in [0.29, 0.717) is 0 Å². The minimum atomic E-state index is 0.287. The Bertz CT molecular complexity index is 318. The Morgan fingerprint density at radius 3 is 3.29 bits per heavy atom. The predicted molar refractivity (Wildman–Crippen MR) is 55.3 cm³/mol. The number of ether oxygens (including phenoxy) is 1. The first-order valence-corrected chi connectivity index (χ1v) is 5.30. The molecule has 5 heteroatoms. The van der Waals surface area contributed by atoms with Crippen LogP contribution in [0.2, 0.25) is 0 Å². The summed E-state index contributed by atoms with van der Waals surface area (Å²) in [4.78, 5) is 2.18. The van der Waals surface area contributed by atoms with Gasteiger partial charge in [-0.2, -0.15) is 0 Å². The van der Waals surface area contributed by atoms with Crippen LogP contribution in [0, 0.1) is 0 Å². The number of nitrogens with zero attached hydrogens (tertiary/aromatic N) is 1. The molecule has 0 radical (unpaired) electrons. The first-order chi connectivity index (χ1) is 6.90. The fraction of sp³-hybridized carbons (Fsp3) is 0.444. The van der Waals surface area contributed by atoms with Gasteiger partial charge in [0, 0.05) is 16.3 Å². The monoisotopic (exact) mass is 212 g/mol. The maximum absolute atomic E-state index is 8.38. The molecule has 1 aliphatic rings. The molecule has 0 spiro atoms. The summed E-state index contributed by atoms with van der Waals surface area (Å²) in [6, 6.07) is 4.26. The van der Waals surface area contributed by atoms with Gasteiger partial charge in [-0.15, -0.1) is 11.3 Å². The highest BCUT2D eigenvalue weighted by Crippen LogP contribution is 2.23. The molecule has 2 rings (SSSR count). The van der Waals surface area contributed by atoms with E-state index in [1.54, 1.807) is 11.3 Å². The SMILES string of the molecule is O/N=C/c1ccc(C2COCCN2)s1. The van der Waals surface area contributed by atoms with Gasteiger partial charge in [-0.25, -0.2) is 0 Å². The molecule has 2 heterocycles. The second-order valence-electron chi connectivity index (χ2n) is 3.07. The summed E-state index contributed by atoms with van der Waals surface area (Å²) in [6.45, 7) is 2.40. The lowest BCUT2D eigenvalue weighted by atomic mass is 10.2. The third-order valence-electron chi connectivity index (χ3n) is 2.10. The van der Waals surface area contributed by atoms with Crippen LogP contribution in [-0.4, -0.2) is 31.2 Å². The Balaban J connectivity index is 2.07. The lowest BCUT2D eigenvalue weighted by Gasteiger charge is -2.22. The lowest BCUT2D eigenvalue weighted by Crippen LogP contribution is -2.33. The van der Waals surface area contributed by atoms with Crippen LogP contribution in [0.15, 0.2) is 17.3 Å². The van der Waals surface area contributed by atoms with Crippen molar-refractivity contribution in [2.45, 2.75) is 6.04 Å². The molecule has 76 valence electrons. The third-order valence-corrected chi connectivity index (χ3v) is 3.23. The average Bonchev–Trinajstić information content (AvgIpc) is 2.68. The van der Waals surface area contributed by atoms with Gasteiger partial charge in [0.25, 0.3) is 0 Å². The molecule has 1 saturated heterocycles. The van der Waals surface area contributed by atoms with Gasteiger partial charge in [0.05, 0.1) is 25.5 Å². The molecule has 0 saturated carbocycles. The van der Waals surface area contributed by atoms with E-state index in [9.17, 15) is 0 Å². The number of hydrogen-bond acceptors (Lipinski definition) is 5.